The third kappa shape index (κ3) is 6.88. The van der Waals surface area contributed by atoms with Gasteiger partial charge in [0.05, 0.1) is 13.1 Å². The summed E-state index contributed by atoms with van der Waals surface area (Å²) in [5.74, 6) is 1.61. The molecular formula is C24H26N2O3. The summed E-state index contributed by atoms with van der Waals surface area (Å²) in [7, 11) is 0. The number of amides is 1. The van der Waals surface area contributed by atoms with Crippen LogP contribution in [0.25, 0.3) is 0 Å². The number of para-hydroxylation sites is 2. The molecule has 3 aromatic rings. The van der Waals surface area contributed by atoms with Crippen molar-refractivity contribution in [2.24, 2.45) is 0 Å². The molecule has 0 unspecified atom stereocenters. The molecule has 0 bridgehead atoms. The monoisotopic (exact) mass is 390 g/mol. The number of nitrogens with zero attached hydrogens (tertiary/aromatic N) is 1. The summed E-state index contributed by atoms with van der Waals surface area (Å²) in [5, 5.41) is 2.84. The van der Waals surface area contributed by atoms with E-state index in [1.807, 2.05) is 84.9 Å². The molecule has 1 amide bonds. The highest BCUT2D eigenvalue weighted by Gasteiger charge is 2.09. The van der Waals surface area contributed by atoms with Crippen LogP contribution in [0.2, 0.25) is 0 Å². The lowest BCUT2D eigenvalue weighted by Crippen LogP contribution is -2.32. The van der Waals surface area contributed by atoms with Crippen LogP contribution in [0.1, 0.15) is 6.92 Å². The van der Waals surface area contributed by atoms with Gasteiger partial charge in [-0.3, -0.25) is 4.79 Å². The fraction of sp³-hybridized carbons (Fsp3) is 0.208. The van der Waals surface area contributed by atoms with Crippen LogP contribution in [0.4, 0.5) is 11.4 Å². The number of carbonyl (C=O) groups is 1. The summed E-state index contributed by atoms with van der Waals surface area (Å²) in [4.78, 5) is 13.6. The Balaban J connectivity index is 1.64. The van der Waals surface area contributed by atoms with Gasteiger partial charge < -0.3 is 19.7 Å². The van der Waals surface area contributed by atoms with Gasteiger partial charge in [-0.1, -0.05) is 42.5 Å². The van der Waals surface area contributed by atoms with Crippen LogP contribution in [0.3, 0.4) is 0 Å². The maximum atomic E-state index is 11.4. The zero-order valence-electron chi connectivity index (χ0n) is 16.6. The summed E-state index contributed by atoms with van der Waals surface area (Å²) in [6.07, 6.45) is 0. The molecule has 0 aliphatic rings. The number of rotatable bonds is 10. The highest BCUT2D eigenvalue weighted by molar-refractivity contribution is 5.89. The lowest BCUT2D eigenvalue weighted by atomic mass is 10.2. The van der Waals surface area contributed by atoms with Gasteiger partial charge in [0.25, 0.3) is 0 Å². The molecule has 0 spiro atoms. The summed E-state index contributed by atoms with van der Waals surface area (Å²) in [5.41, 5.74) is 1.78. The van der Waals surface area contributed by atoms with Crippen LogP contribution >= 0.6 is 0 Å². The molecule has 5 heteroatoms. The van der Waals surface area contributed by atoms with Gasteiger partial charge in [0, 0.05) is 18.3 Å². The van der Waals surface area contributed by atoms with Crippen molar-refractivity contribution in [1.82, 2.24) is 0 Å². The molecular weight excluding hydrogens is 364 g/mol. The minimum Gasteiger partial charge on any atom is -0.492 e. The van der Waals surface area contributed by atoms with Crippen molar-refractivity contribution >= 4 is 17.3 Å². The smallest absolute Gasteiger partial charge is 0.221 e. The highest BCUT2D eigenvalue weighted by Crippen LogP contribution is 2.20. The van der Waals surface area contributed by atoms with E-state index in [4.69, 9.17) is 9.47 Å². The van der Waals surface area contributed by atoms with Crippen LogP contribution in [0, 0.1) is 0 Å². The van der Waals surface area contributed by atoms with Crippen LogP contribution in [-0.2, 0) is 4.79 Å². The number of hydrogen-bond acceptors (Lipinski definition) is 4. The second kappa shape index (κ2) is 10.8. The molecule has 0 aliphatic heterocycles. The lowest BCUT2D eigenvalue weighted by molar-refractivity contribution is -0.114. The topological polar surface area (TPSA) is 50.8 Å². The van der Waals surface area contributed by atoms with E-state index in [0.717, 1.165) is 22.9 Å². The van der Waals surface area contributed by atoms with Crippen molar-refractivity contribution in [2.75, 3.05) is 36.5 Å². The molecule has 0 saturated heterocycles. The molecule has 29 heavy (non-hydrogen) atoms. The minimum absolute atomic E-state index is 0.0893. The van der Waals surface area contributed by atoms with Gasteiger partial charge in [0.1, 0.15) is 24.7 Å². The van der Waals surface area contributed by atoms with Gasteiger partial charge in [-0.25, -0.2) is 0 Å². The maximum absolute atomic E-state index is 11.4. The average Bonchev–Trinajstić information content (AvgIpc) is 2.74. The summed E-state index contributed by atoms with van der Waals surface area (Å²) in [6.45, 7) is 3.97. The Bertz CT molecular complexity index is 839. The van der Waals surface area contributed by atoms with E-state index in [9.17, 15) is 4.79 Å². The normalized spacial score (nSPS) is 10.2. The molecule has 0 fully saturated rings. The number of benzene rings is 3. The Morgan fingerprint density at radius 2 is 1.34 bits per heavy atom. The van der Waals surface area contributed by atoms with Crippen molar-refractivity contribution in [2.45, 2.75) is 6.92 Å². The Kier molecular flexibility index (Phi) is 7.52. The number of anilines is 2. The van der Waals surface area contributed by atoms with Crippen molar-refractivity contribution in [1.29, 1.82) is 0 Å². The largest absolute Gasteiger partial charge is 0.492 e. The lowest BCUT2D eigenvalue weighted by Gasteiger charge is -2.25. The first-order valence-electron chi connectivity index (χ1n) is 9.69. The van der Waals surface area contributed by atoms with Gasteiger partial charge in [0.15, 0.2) is 0 Å². The first-order valence-corrected chi connectivity index (χ1v) is 9.69. The second-order valence-electron chi connectivity index (χ2n) is 6.54. The number of carbonyl (C=O) groups excluding carboxylic acids is 1. The average molecular weight is 390 g/mol. The molecule has 0 radical (unpaired) electrons. The fourth-order valence-corrected chi connectivity index (χ4v) is 2.93. The number of nitrogens with one attached hydrogen (secondary N) is 1. The van der Waals surface area contributed by atoms with E-state index in [-0.39, 0.29) is 5.91 Å². The summed E-state index contributed by atoms with van der Waals surface area (Å²) in [6, 6.07) is 27.3. The van der Waals surface area contributed by atoms with Crippen molar-refractivity contribution in [3.8, 4) is 11.5 Å². The molecule has 3 rings (SSSR count). The standard InChI is InChI=1S/C24H26N2O3/c1-20(27)25-21-9-8-10-22(19-21)26(15-17-28-23-11-4-2-5-12-23)16-18-29-24-13-6-3-7-14-24/h2-14,19H,15-18H2,1H3,(H,25,27). The highest BCUT2D eigenvalue weighted by atomic mass is 16.5. The third-order valence-corrected chi connectivity index (χ3v) is 4.28. The molecule has 150 valence electrons. The number of hydrogen-bond donors (Lipinski definition) is 1. The maximum Gasteiger partial charge on any atom is 0.221 e. The Hall–Kier alpha value is -3.47. The predicted molar refractivity (Wildman–Crippen MR) is 117 cm³/mol. The minimum atomic E-state index is -0.0893. The van der Waals surface area contributed by atoms with Crippen molar-refractivity contribution in [3.05, 3.63) is 84.9 Å². The van der Waals surface area contributed by atoms with Crippen LogP contribution in [-0.4, -0.2) is 32.2 Å². The molecule has 0 saturated carbocycles. The predicted octanol–water partition coefficient (Wildman–Crippen LogP) is 4.61. The van der Waals surface area contributed by atoms with Crippen molar-refractivity contribution < 1.29 is 14.3 Å². The van der Waals surface area contributed by atoms with Gasteiger partial charge >= 0.3 is 0 Å². The molecule has 5 nitrogen and oxygen atoms in total. The van der Waals surface area contributed by atoms with E-state index in [1.54, 1.807) is 0 Å². The van der Waals surface area contributed by atoms with Gasteiger partial charge in [0.2, 0.25) is 5.91 Å². The zero-order valence-corrected chi connectivity index (χ0v) is 16.6. The molecule has 1 N–H and O–H groups in total. The summed E-state index contributed by atoms with van der Waals surface area (Å²) < 4.78 is 11.7. The van der Waals surface area contributed by atoms with Crippen LogP contribution in [0.15, 0.2) is 84.9 Å². The van der Waals surface area contributed by atoms with Crippen LogP contribution in [0.5, 0.6) is 11.5 Å². The van der Waals surface area contributed by atoms with Gasteiger partial charge in [-0.05, 0) is 42.5 Å². The van der Waals surface area contributed by atoms with E-state index in [0.29, 0.717) is 26.3 Å². The zero-order chi connectivity index (χ0) is 20.3. The number of ether oxygens (including phenoxy) is 2. The van der Waals surface area contributed by atoms with Crippen molar-refractivity contribution in [3.63, 3.8) is 0 Å². The fourth-order valence-electron chi connectivity index (χ4n) is 2.93. The first-order chi connectivity index (χ1) is 14.2. The molecule has 0 heterocycles. The molecule has 0 aliphatic carbocycles. The Morgan fingerprint density at radius 3 is 1.86 bits per heavy atom. The van der Waals surface area contributed by atoms with E-state index in [1.165, 1.54) is 6.92 Å². The Morgan fingerprint density at radius 1 is 0.793 bits per heavy atom. The third-order valence-electron chi connectivity index (χ3n) is 4.28. The van der Waals surface area contributed by atoms with Gasteiger partial charge in [-0.15, -0.1) is 0 Å². The summed E-state index contributed by atoms with van der Waals surface area (Å²) >= 11 is 0. The van der Waals surface area contributed by atoms with Gasteiger partial charge in [-0.2, -0.15) is 0 Å². The molecule has 0 atom stereocenters. The molecule has 3 aromatic carbocycles. The Labute approximate surface area is 171 Å². The quantitative estimate of drug-likeness (QED) is 0.549. The second-order valence-corrected chi connectivity index (χ2v) is 6.54. The van der Waals surface area contributed by atoms with E-state index >= 15 is 0 Å². The van der Waals surface area contributed by atoms with E-state index in [2.05, 4.69) is 10.2 Å². The first kappa shape index (κ1) is 20.3. The molecule has 0 aromatic heterocycles. The van der Waals surface area contributed by atoms with Crippen LogP contribution < -0.4 is 19.7 Å². The SMILES string of the molecule is CC(=O)Nc1cccc(N(CCOc2ccccc2)CCOc2ccccc2)c1. The van der Waals surface area contributed by atoms with E-state index < -0.39 is 0 Å².